The normalized spacial score (nSPS) is 11.7. The van der Waals surface area contributed by atoms with E-state index in [0.717, 1.165) is 41.8 Å². The Labute approximate surface area is 166 Å². The Morgan fingerprint density at radius 1 is 1.26 bits per heavy atom. The summed E-state index contributed by atoms with van der Waals surface area (Å²) in [4.78, 5) is 17.5. The highest BCUT2D eigenvalue weighted by molar-refractivity contribution is 8.00. The Balaban J connectivity index is 2.19. The van der Waals surface area contributed by atoms with Crippen molar-refractivity contribution < 1.29 is 4.79 Å². The quantitative estimate of drug-likeness (QED) is 0.620. The van der Waals surface area contributed by atoms with Crippen LogP contribution in [-0.2, 0) is 11.2 Å². The molecular weight excluding hydrogens is 354 g/mol. The van der Waals surface area contributed by atoms with Gasteiger partial charge in [-0.1, -0.05) is 44.2 Å². The molecule has 142 valence electrons. The van der Waals surface area contributed by atoms with Gasteiger partial charge in [0.1, 0.15) is 11.1 Å². The van der Waals surface area contributed by atoms with Gasteiger partial charge >= 0.3 is 0 Å². The smallest absolute Gasteiger partial charge is 0.237 e. The SMILES string of the molecule is CCCCc1ccc(C#N)c(SC(CC)C(=O)Nc2cccc(C)c2C)n1. The van der Waals surface area contributed by atoms with Gasteiger partial charge in [0.25, 0.3) is 0 Å². The predicted octanol–water partition coefficient (Wildman–Crippen LogP) is 5.42. The van der Waals surface area contributed by atoms with E-state index in [9.17, 15) is 10.1 Å². The zero-order chi connectivity index (χ0) is 19.8. The summed E-state index contributed by atoms with van der Waals surface area (Å²) in [6.07, 6.45) is 3.71. The lowest BCUT2D eigenvalue weighted by molar-refractivity contribution is -0.115. The number of aryl methyl sites for hydroxylation is 2. The van der Waals surface area contributed by atoms with Crippen LogP contribution in [0, 0.1) is 25.2 Å². The van der Waals surface area contributed by atoms with Crippen LogP contribution in [0.5, 0.6) is 0 Å². The molecule has 1 unspecified atom stereocenters. The van der Waals surface area contributed by atoms with E-state index in [1.807, 2.05) is 51.1 Å². The number of nitrogens with zero attached hydrogens (tertiary/aromatic N) is 2. The van der Waals surface area contributed by atoms with Gasteiger partial charge in [0.05, 0.1) is 10.8 Å². The number of nitriles is 1. The molecule has 0 saturated carbocycles. The minimum absolute atomic E-state index is 0.0548. The molecule has 1 amide bonds. The lowest BCUT2D eigenvalue weighted by atomic mass is 10.1. The zero-order valence-electron chi connectivity index (χ0n) is 16.5. The first-order chi connectivity index (χ1) is 13.0. The van der Waals surface area contributed by atoms with Gasteiger partial charge in [-0.05, 0) is 62.4 Å². The van der Waals surface area contributed by atoms with Crippen molar-refractivity contribution in [3.05, 3.63) is 52.7 Å². The van der Waals surface area contributed by atoms with Gasteiger partial charge in [-0.25, -0.2) is 4.98 Å². The fourth-order valence-corrected chi connectivity index (χ4v) is 3.72. The van der Waals surface area contributed by atoms with E-state index in [0.29, 0.717) is 17.0 Å². The molecule has 0 radical (unpaired) electrons. The number of hydrogen-bond donors (Lipinski definition) is 1. The molecule has 0 aliphatic carbocycles. The van der Waals surface area contributed by atoms with Crippen LogP contribution >= 0.6 is 11.8 Å². The minimum Gasteiger partial charge on any atom is -0.325 e. The summed E-state index contributed by atoms with van der Waals surface area (Å²) in [6.45, 7) is 8.16. The lowest BCUT2D eigenvalue weighted by Gasteiger charge is -2.17. The van der Waals surface area contributed by atoms with Crippen LogP contribution in [0.25, 0.3) is 0 Å². The molecule has 1 atom stereocenters. The van der Waals surface area contributed by atoms with Crippen molar-refractivity contribution in [2.75, 3.05) is 5.32 Å². The summed E-state index contributed by atoms with van der Waals surface area (Å²) in [5.41, 5.74) is 4.55. The fraction of sp³-hybridized carbons (Fsp3) is 0.409. The van der Waals surface area contributed by atoms with Crippen LogP contribution < -0.4 is 5.32 Å². The molecule has 5 heteroatoms. The van der Waals surface area contributed by atoms with Gasteiger partial charge < -0.3 is 5.32 Å². The number of unbranched alkanes of at least 4 members (excludes halogenated alkanes) is 1. The first kappa shape index (κ1) is 21.0. The van der Waals surface area contributed by atoms with E-state index in [1.54, 1.807) is 0 Å². The highest BCUT2D eigenvalue weighted by atomic mass is 32.2. The second kappa shape index (κ2) is 10.1. The Morgan fingerprint density at radius 3 is 2.70 bits per heavy atom. The largest absolute Gasteiger partial charge is 0.325 e. The Hall–Kier alpha value is -2.32. The summed E-state index contributed by atoms with van der Waals surface area (Å²) in [5, 5.41) is 12.8. The molecule has 0 fully saturated rings. The molecule has 1 heterocycles. The monoisotopic (exact) mass is 381 g/mol. The number of pyridine rings is 1. The molecule has 1 aromatic heterocycles. The average Bonchev–Trinajstić information content (AvgIpc) is 2.67. The molecule has 0 bridgehead atoms. The molecule has 0 saturated heterocycles. The molecule has 0 aliphatic rings. The number of amides is 1. The maximum Gasteiger partial charge on any atom is 0.237 e. The van der Waals surface area contributed by atoms with E-state index in [1.165, 1.54) is 11.8 Å². The number of thioether (sulfide) groups is 1. The molecule has 27 heavy (non-hydrogen) atoms. The number of rotatable bonds is 8. The average molecular weight is 382 g/mol. The molecular formula is C22H27N3OS. The Bertz CT molecular complexity index is 842. The molecule has 0 spiro atoms. The van der Waals surface area contributed by atoms with Crippen molar-refractivity contribution in [1.29, 1.82) is 5.26 Å². The van der Waals surface area contributed by atoms with Crippen molar-refractivity contribution in [2.24, 2.45) is 0 Å². The Kier molecular flexibility index (Phi) is 7.87. The van der Waals surface area contributed by atoms with Gasteiger partial charge in [0.15, 0.2) is 0 Å². The van der Waals surface area contributed by atoms with Crippen LogP contribution in [0.15, 0.2) is 35.4 Å². The second-order valence-electron chi connectivity index (χ2n) is 6.62. The maximum absolute atomic E-state index is 12.8. The van der Waals surface area contributed by atoms with Crippen LogP contribution in [0.4, 0.5) is 5.69 Å². The van der Waals surface area contributed by atoms with E-state index in [-0.39, 0.29) is 11.2 Å². The number of aromatic nitrogens is 1. The van der Waals surface area contributed by atoms with E-state index < -0.39 is 0 Å². The van der Waals surface area contributed by atoms with Crippen LogP contribution in [0.3, 0.4) is 0 Å². The third-order valence-electron chi connectivity index (χ3n) is 4.60. The van der Waals surface area contributed by atoms with Gasteiger partial charge in [0.2, 0.25) is 5.91 Å². The predicted molar refractivity (Wildman–Crippen MR) is 112 cm³/mol. The van der Waals surface area contributed by atoms with Crippen LogP contribution in [0.2, 0.25) is 0 Å². The fourth-order valence-electron chi connectivity index (χ4n) is 2.71. The Morgan fingerprint density at radius 2 is 2.04 bits per heavy atom. The third kappa shape index (κ3) is 5.58. The highest BCUT2D eigenvalue weighted by Gasteiger charge is 2.21. The summed E-state index contributed by atoms with van der Waals surface area (Å²) in [6, 6.07) is 11.8. The number of carbonyl (C=O) groups is 1. The van der Waals surface area contributed by atoms with Crippen molar-refractivity contribution in [3.63, 3.8) is 0 Å². The maximum atomic E-state index is 12.8. The molecule has 1 N–H and O–H groups in total. The van der Waals surface area contributed by atoms with Crippen molar-refractivity contribution in [1.82, 2.24) is 4.98 Å². The van der Waals surface area contributed by atoms with Gasteiger partial charge in [-0.2, -0.15) is 5.26 Å². The van der Waals surface area contributed by atoms with E-state index in [2.05, 4.69) is 23.3 Å². The molecule has 0 aliphatic heterocycles. The van der Waals surface area contributed by atoms with Crippen molar-refractivity contribution in [3.8, 4) is 6.07 Å². The topological polar surface area (TPSA) is 65.8 Å². The summed E-state index contributed by atoms with van der Waals surface area (Å²) in [5.74, 6) is -0.0548. The van der Waals surface area contributed by atoms with Crippen LogP contribution in [-0.4, -0.2) is 16.1 Å². The van der Waals surface area contributed by atoms with Gasteiger partial charge in [0, 0.05) is 11.4 Å². The summed E-state index contributed by atoms with van der Waals surface area (Å²) >= 11 is 1.38. The number of anilines is 1. The van der Waals surface area contributed by atoms with Crippen molar-refractivity contribution in [2.45, 2.75) is 63.7 Å². The first-order valence-corrected chi connectivity index (χ1v) is 10.3. The summed E-state index contributed by atoms with van der Waals surface area (Å²) < 4.78 is 0. The lowest BCUT2D eigenvalue weighted by Crippen LogP contribution is -2.25. The first-order valence-electron chi connectivity index (χ1n) is 9.43. The van der Waals surface area contributed by atoms with Crippen molar-refractivity contribution >= 4 is 23.4 Å². The third-order valence-corrected chi connectivity index (χ3v) is 5.97. The number of nitrogens with one attached hydrogen (secondary N) is 1. The standard InChI is InChI=1S/C22H27N3OS/c1-5-7-10-18-13-12-17(14-23)22(24-18)27-20(6-2)21(26)25-19-11-8-9-15(3)16(19)4/h8-9,11-13,20H,5-7,10H2,1-4H3,(H,25,26). The minimum atomic E-state index is -0.300. The molecule has 2 rings (SSSR count). The van der Waals surface area contributed by atoms with E-state index >= 15 is 0 Å². The molecule has 4 nitrogen and oxygen atoms in total. The summed E-state index contributed by atoms with van der Waals surface area (Å²) in [7, 11) is 0. The zero-order valence-corrected chi connectivity index (χ0v) is 17.3. The second-order valence-corrected chi connectivity index (χ2v) is 7.81. The number of hydrogen-bond acceptors (Lipinski definition) is 4. The van der Waals surface area contributed by atoms with Gasteiger partial charge in [-0.3, -0.25) is 4.79 Å². The number of carbonyl (C=O) groups excluding carboxylic acids is 1. The van der Waals surface area contributed by atoms with Crippen LogP contribution in [0.1, 0.15) is 55.5 Å². The molecule has 1 aromatic carbocycles. The molecule has 2 aromatic rings. The van der Waals surface area contributed by atoms with E-state index in [4.69, 9.17) is 0 Å². The van der Waals surface area contributed by atoms with Gasteiger partial charge in [-0.15, -0.1) is 0 Å². The highest BCUT2D eigenvalue weighted by Crippen LogP contribution is 2.29. The number of benzene rings is 1.